The van der Waals surface area contributed by atoms with E-state index in [9.17, 15) is 22.4 Å². The topological polar surface area (TPSA) is 63.3 Å². The molecule has 1 heterocycles. The molecule has 0 radical (unpaired) electrons. The average molecular weight is 275 g/mol. The minimum Gasteiger partial charge on any atom is -0.477 e. The number of halogens is 4. The summed E-state index contributed by atoms with van der Waals surface area (Å²) in [7, 11) is 0. The van der Waals surface area contributed by atoms with Gasteiger partial charge < -0.3 is 9.63 Å². The van der Waals surface area contributed by atoms with Crippen LogP contribution >= 0.6 is 0 Å². The van der Waals surface area contributed by atoms with E-state index in [0.29, 0.717) is 0 Å². The lowest BCUT2D eigenvalue weighted by atomic mass is 10.1. The number of hydrogen-bond donors (Lipinski definition) is 1. The lowest BCUT2D eigenvalue weighted by Gasteiger charge is -2.02. The van der Waals surface area contributed by atoms with Crippen LogP contribution in [0.5, 0.6) is 0 Å². The number of rotatable bonds is 2. The first-order valence-electron chi connectivity index (χ1n) is 4.87. The first-order valence-corrected chi connectivity index (χ1v) is 4.87. The molecule has 100 valence electrons. The molecule has 4 nitrogen and oxygen atoms in total. The molecule has 0 bridgehead atoms. The Labute approximate surface area is 103 Å². The molecule has 0 fully saturated rings. The van der Waals surface area contributed by atoms with Crippen LogP contribution in [-0.4, -0.2) is 16.2 Å². The maximum Gasteiger partial charge on any atom is 0.453 e. The van der Waals surface area contributed by atoms with Gasteiger partial charge in [0.2, 0.25) is 0 Å². The van der Waals surface area contributed by atoms with E-state index in [1.54, 1.807) is 0 Å². The van der Waals surface area contributed by atoms with Gasteiger partial charge in [0.25, 0.3) is 5.76 Å². The number of alkyl halides is 3. The fraction of sp³-hybridized carbons (Fsp3) is 0.0909. The molecule has 0 saturated heterocycles. The Bertz CT molecular complexity index is 616. The van der Waals surface area contributed by atoms with E-state index in [2.05, 4.69) is 9.68 Å². The molecule has 0 aliphatic rings. The normalized spacial score (nSPS) is 11.6. The van der Waals surface area contributed by atoms with Crippen molar-refractivity contribution >= 4 is 5.97 Å². The van der Waals surface area contributed by atoms with Crippen molar-refractivity contribution in [3.63, 3.8) is 0 Å². The van der Waals surface area contributed by atoms with Crippen molar-refractivity contribution < 1.29 is 32.0 Å². The van der Waals surface area contributed by atoms with Gasteiger partial charge in [0, 0.05) is 5.56 Å². The lowest BCUT2D eigenvalue weighted by molar-refractivity contribution is -0.156. The van der Waals surface area contributed by atoms with Crippen LogP contribution in [0.4, 0.5) is 17.6 Å². The molecule has 0 saturated carbocycles. The van der Waals surface area contributed by atoms with E-state index < -0.39 is 35.0 Å². The molecule has 1 N–H and O–H groups in total. The number of nitrogens with zero attached hydrogens (tertiary/aromatic N) is 1. The Balaban J connectivity index is 2.62. The van der Waals surface area contributed by atoms with Crippen molar-refractivity contribution in [2.45, 2.75) is 6.18 Å². The predicted molar refractivity (Wildman–Crippen MR) is 53.9 cm³/mol. The van der Waals surface area contributed by atoms with E-state index in [4.69, 9.17) is 5.11 Å². The Morgan fingerprint density at radius 2 is 1.79 bits per heavy atom. The van der Waals surface area contributed by atoms with Crippen molar-refractivity contribution in [3.05, 3.63) is 41.4 Å². The van der Waals surface area contributed by atoms with Crippen LogP contribution < -0.4 is 0 Å². The summed E-state index contributed by atoms with van der Waals surface area (Å²) in [5.41, 5.74) is -1.59. The van der Waals surface area contributed by atoms with Crippen LogP contribution in [0.3, 0.4) is 0 Å². The summed E-state index contributed by atoms with van der Waals surface area (Å²) in [5, 5.41) is 11.9. The molecular weight excluding hydrogens is 270 g/mol. The molecule has 0 aliphatic carbocycles. The van der Waals surface area contributed by atoms with Crippen molar-refractivity contribution in [2.24, 2.45) is 0 Å². The number of carboxylic acid groups (broad SMARTS) is 1. The van der Waals surface area contributed by atoms with E-state index in [0.717, 1.165) is 24.3 Å². The first kappa shape index (κ1) is 13.1. The van der Waals surface area contributed by atoms with E-state index in [1.807, 2.05) is 0 Å². The smallest absolute Gasteiger partial charge is 0.453 e. The fourth-order valence-electron chi connectivity index (χ4n) is 1.49. The number of aromatic nitrogens is 1. The molecule has 8 heteroatoms. The maximum atomic E-state index is 12.7. The van der Waals surface area contributed by atoms with Gasteiger partial charge in [0.1, 0.15) is 17.1 Å². The molecule has 0 aliphatic heterocycles. The van der Waals surface area contributed by atoms with Crippen LogP contribution in [0.25, 0.3) is 11.3 Å². The van der Waals surface area contributed by atoms with Gasteiger partial charge in [-0.05, 0) is 24.3 Å². The highest BCUT2D eigenvalue weighted by Crippen LogP contribution is 2.36. The van der Waals surface area contributed by atoms with E-state index in [-0.39, 0.29) is 5.56 Å². The zero-order chi connectivity index (χ0) is 14.2. The third-order valence-electron chi connectivity index (χ3n) is 2.28. The molecule has 0 spiro atoms. The minimum absolute atomic E-state index is 0.0121. The van der Waals surface area contributed by atoms with Crippen molar-refractivity contribution in [3.8, 4) is 11.3 Å². The van der Waals surface area contributed by atoms with Gasteiger partial charge in [-0.1, -0.05) is 5.16 Å². The second-order valence-electron chi connectivity index (χ2n) is 3.55. The summed E-state index contributed by atoms with van der Waals surface area (Å²) < 4.78 is 54.4. The predicted octanol–water partition coefficient (Wildman–Crippen LogP) is 3.20. The van der Waals surface area contributed by atoms with Crippen LogP contribution in [0.1, 0.15) is 16.1 Å². The molecule has 19 heavy (non-hydrogen) atoms. The number of carbonyl (C=O) groups is 1. The Morgan fingerprint density at radius 1 is 1.21 bits per heavy atom. The van der Waals surface area contributed by atoms with Gasteiger partial charge in [-0.2, -0.15) is 13.2 Å². The van der Waals surface area contributed by atoms with Crippen molar-refractivity contribution in [1.82, 2.24) is 5.16 Å². The summed E-state index contributed by atoms with van der Waals surface area (Å²) in [6, 6.07) is 4.17. The largest absolute Gasteiger partial charge is 0.477 e. The van der Waals surface area contributed by atoms with Crippen molar-refractivity contribution in [1.29, 1.82) is 0 Å². The fourth-order valence-corrected chi connectivity index (χ4v) is 1.49. The number of carboxylic acids is 1. The number of aromatic carboxylic acids is 1. The zero-order valence-electron chi connectivity index (χ0n) is 9.03. The molecule has 1 aromatic heterocycles. The number of benzene rings is 1. The number of hydrogen-bond acceptors (Lipinski definition) is 3. The van der Waals surface area contributed by atoms with Gasteiger partial charge in [0.05, 0.1) is 0 Å². The van der Waals surface area contributed by atoms with E-state index in [1.165, 1.54) is 0 Å². The first-order chi connectivity index (χ1) is 8.80. The molecule has 1 aromatic carbocycles. The third kappa shape index (κ3) is 2.42. The van der Waals surface area contributed by atoms with Gasteiger partial charge in [-0.15, -0.1) is 0 Å². The van der Waals surface area contributed by atoms with Crippen molar-refractivity contribution in [2.75, 3.05) is 0 Å². The molecular formula is C11H5F4NO3. The lowest BCUT2D eigenvalue weighted by Crippen LogP contribution is -2.10. The highest BCUT2D eigenvalue weighted by atomic mass is 19.4. The quantitative estimate of drug-likeness (QED) is 0.855. The molecule has 0 atom stereocenters. The molecule has 0 amide bonds. The maximum absolute atomic E-state index is 12.7. The average Bonchev–Trinajstić information content (AvgIpc) is 2.74. The monoisotopic (exact) mass is 275 g/mol. The second kappa shape index (κ2) is 4.38. The highest BCUT2D eigenvalue weighted by molar-refractivity contribution is 5.95. The van der Waals surface area contributed by atoms with Gasteiger partial charge in [-0.3, -0.25) is 0 Å². The van der Waals surface area contributed by atoms with Gasteiger partial charge in [-0.25, -0.2) is 9.18 Å². The summed E-state index contributed by atoms with van der Waals surface area (Å²) in [5.74, 6) is -4.13. The summed E-state index contributed by atoms with van der Waals surface area (Å²) in [6.07, 6.45) is -4.97. The van der Waals surface area contributed by atoms with Gasteiger partial charge >= 0.3 is 12.1 Å². The van der Waals surface area contributed by atoms with Crippen LogP contribution in [-0.2, 0) is 6.18 Å². The second-order valence-corrected chi connectivity index (χ2v) is 3.55. The molecule has 2 rings (SSSR count). The van der Waals surface area contributed by atoms with Crippen LogP contribution in [0, 0.1) is 5.82 Å². The SMILES string of the molecule is O=C(O)c1c(-c2ccc(F)cc2)noc1C(F)(F)F. The highest BCUT2D eigenvalue weighted by Gasteiger charge is 2.43. The van der Waals surface area contributed by atoms with E-state index >= 15 is 0 Å². The Kier molecular flexibility index (Phi) is 3.01. The zero-order valence-corrected chi connectivity index (χ0v) is 9.03. The third-order valence-corrected chi connectivity index (χ3v) is 2.28. The minimum atomic E-state index is -4.97. The molecule has 0 unspecified atom stereocenters. The summed E-state index contributed by atoms with van der Waals surface area (Å²) >= 11 is 0. The summed E-state index contributed by atoms with van der Waals surface area (Å²) in [6.45, 7) is 0. The summed E-state index contributed by atoms with van der Waals surface area (Å²) in [4.78, 5) is 10.9. The Morgan fingerprint density at radius 3 is 2.26 bits per heavy atom. The standard InChI is InChI=1S/C11H5F4NO3/c12-6-3-1-5(2-4-6)8-7(10(17)18)9(19-16-8)11(13,14)15/h1-4H,(H,17,18). The Hall–Kier alpha value is -2.38. The van der Waals surface area contributed by atoms with Crippen LogP contribution in [0.15, 0.2) is 28.8 Å². The van der Waals surface area contributed by atoms with Crippen LogP contribution in [0.2, 0.25) is 0 Å². The molecule has 2 aromatic rings. The van der Waals surface area contributed by atoms with Gasteiger partial charge in [0.15, 0.2) is 0 Å².